The standard InChI is InChI=1S/C19H22N2O3/c1-23-13-15-11-21(12-17(15)14-7-9-20-10-8-14)19(22)16-5-3-4-6-18(16)24-2/h3-10,15,17H,11-13H2,1-2H3/t15-,17-/m0/s1. The lowest BCUT2D eigenvalue weighted by atomic mass is 9.90. The molecule has 0 saturated carbocycles. The van der Waals surface area contributed by atoms with Crippen LogP contribution in [0.5, 0.6) is 5.75 Å². The van der Waals surface area contributed by atoms with Gasteiger partial charge in [0.15, 0.2) is 0 Å². The Bertz CT molecular complexity index is 690. The molecule has 0 radical (unpaired) electrons. The van der Waals surface area contributed by atoms with Gasteiger partial charge in [0.2, 0.25) is 0 Å². The van der Waals surface area contributed by atoms with E-state index in [1.54, 1.807) is 26.6 Å². The fraction of sp³-hybridized carbons (Fsp3) is 0.368. The van der Waals surface area contributed by atoms with E-state index in [4.69, 9.17) is 9.47 Å². The van der Waals surface area contributed by atoms with Crippen LogP contribution in [0.2, 0.25) is 0 Å². The summed E-state index contributed by atoms with van der Waals surface area (Å²) in [6.45, 7) is 1.98. The topological polar surface area (TPSA) is 51.7 Å². The summed E-state index contributed by atoms with van der Waals surface area (Å²) in [5.74, 6) is 1.14. The molecule has 5 nitrogen and oxygen atoms in total. The number of benzene rings is 1. The Morgan fingerprint density at radius 1 is 1.17 bits per heavy atom. The van der Waals surface area contributed by atoms with Crippen molar-refractivity contribution in [1.82, 2.24) is 9.88 Å². The number of pyridine rings is 1. The minimum atomic E-state index is 0.00473. The van der Waals surface area contributed by atoms with Gasteiger partial charge in [0.25, 0.3) is 5.91 Å². The molecule has 1 amide bonds. The first kappa shape index (κ1) is 16.5. The average molecular weight is 326 g/mol. The molecule has 1 saturated heterocycles. The molecule has 1 fully saturated rings. The molecule has 0 bridgehead atoms. The molecule has 5 heteroatoms. The molecule has 2 atom stereocenters. The van der Waals surface area contributed by atoms with Gasteiger partial charge in [0.05, 0.1) is 19.3 Å². The van der Waals surface area contributed by atoms with E-state index in [0.29, 0.717) is 31.0 Å². The van der Waals surface area contributed by atoms with Crippen LogP contribution >= 0.6 is 0 Å². The maximum absolute atomic E-state index is 12.9. The molecule has 0 aliphatic carbocycles. The Kier molecular flexibility index (Phi) is 5.11. The predicted molar refractivity (Wildman–Crippen MR) is 91.2 cm³/mol. The number of nitrogens with zero attached hydrogens (tertiary/aromatic N) is 2. The maximum atomic E-state index is 12.9. The van der Waals surface area contributed by atoms with Crippen LogP contribution in [0, 0.1) is 5.92 Å². The Morgan fingerprint density at radius 3 is 2.62 bits per heavy atom. The van der Waals surface area contributed by atoms with E-state index in [1.165, 1.54) is 5.56 Å². The zero-order chi connectivity index (χ0) is 16.9. The molecule has 2 aromatic rings. The van der Waals surface area contributed by atoms with Crippen LogP contribution < -0.4 is 4.74 Å². The summed E-state index contributed by atoms with van der Waals surface area (Å²) in [5.41, 5.74) is 1.80. The summed E-state index contributed by atoms with van der Waals surface area (Å²) >= 11 is 0. The highest BCUT2D eigenvalue weighted by Gasteiger charge is 2.37. The number of carbonyl (C=O) groups is 1. The van der Waals surface area contributed by atoms with E-state index in [0.717, 1.165) is 0 Å². The largest absolute Gasteiger partial charge is 0.496 e. The van der Waals surface area contributed by atoms with Gasteiger partial charge in [-0.15, -0.1) is 0 Å². The summed E-state index contributed by atoms with van der Waals surface area (Å²) in [4.78, 5) is 18.9. The van der Waals surface area contributed by atoms with Crippen molar-refractivity contribution in [3.63, 3.8) is 0 Å². The van der Waals surface area contributed by atoms with E-state index in [9.17, 15) is 4.79 Å². The lowest BCUT2D eigenvalue weighted by Gasteiger charge is -2.18. The molecule has 0 unspecified atom stereocenters. The Labute approximate surface area is 142 Å². The lowest BCUT2D eigenvalue weighted by molar-refractivity contribution is 0.0772. The Balaban J connectivity index is 1.83. The normalized spacial score (nSPS) is 20.2. The maximum Gasteiger partial charge on any atom is 0.257 e. The molecular weight excluding hydrogens is 304 g/mol. The highest BCUT2D eigenvalue weighted by molar-refractivity contribution is 5.97. The van der Waals surface area contributed by atoms with Crippen LogP contribution in [-0.2, 0) is 4.74 Å². The van der Waals surface area contributed by atoms with Gasteiger partial charge >= 0.3 is 0 Å². The van der Waals surface area contributed by atoms with Crippen molar-refractivity contribution >= 4 is 5.91 Å². The zero-order valence-corrected chi connectivity index (χ0v) is 14.0. The second kappa shape index (κ2) is 7.45. The third kappa shape index (κ3) is 3.26. The van der Waals surface area contributed by atoms with Gasteiger partial charge in [-0.05, 0) is 29.8 Å². The number of aromatic nitrogens is 1. The van der Waals surface area contributed by atoms with Crippen LogP contribution in [0.25, 0.3) is 0 Å². The second-order valence-electron chi connectivity index (χ2n) is 6.01. The van der Waals surface area contributed by atoms with Gasteiger partial charge in [-0.3, -0.25) is 9.78 Å². The van der Waals surface area contributed by atoms with Gasteiger partial charge < -0.3 is 14.4 Å². The number of ether oxygens (including phenoxy) is 2. The Morgan fingerprint density at radius 2 is 1.92 bits per heavy atom. The molecule has 0 N–H and O–H groups in total. The van der Waals surface area contributed by atoms with Crippen LogP contribution in [-0.4, -0.2) is 49.7 Å². The molecular formula is C19H22N2O3. The summed E-state index contributed by atoms with van der Waals surface area (Å²) in [7, 11) is 3.29. The van der Waals surface area contributed by atoms with Crippen molar-refractivity contribution in [2.75, 3.05) is 33.9 Å². The van der Waals surface area contributed by atoms with Gasteiger partial charge in [0, 0.05) is 44.4 Å². The molecule has 1 aromatic carbocycles. The van der Waals surface area contributed by atoms with E-state index in [1.807, 2.05) is 41.3 Å². The SMILES string of the molecule is COC[C@@H]1CN(C(=O)c2ccccc2OC)C[C@H]1c1ccncc1. The number of amides is 1. The van der Waals surface area contributed by atoms with E-state index in [2.05, 4.69) is 4.98 Å². The van der Waals surface area contributed by atoms with Gasteiger partial charge in [-0.1, -0.05) is 12.1 Å². The summed E-state index contributed by atoms with van der Waals surface area (Å²) in [5, 5.41) is 0. The van der Waals surface area contributed by atoms with Crippen molar-refractivity contribution < 1.29 is 14.3 Å². The first-order valence-electron chi connectivity index (χ1n) is 8.05. The number of para-hydroxylation sites is 1. The van der Waals surface area contributed by atoms with Crippen molar-refractivity contribution in [1.29, 1.82) is 0 Å². The predicted octanol–water partition coefficient (Wildman–Crippen LogP) is 2.59. The summed E-state index contributed by atoms with van der Waals surface area (Å²) < 4.78 is 10.7. The fourth-order valence-electron chi connectivity index (χ4n) is 3.40. The molecule has 1 aliphatic rings. The van der Waals surface area contributed by atoms with E-state index >= 15 is 0 Å². The fourth-order valence-corrected chi connectivity index (χ4v) is 3.40. The van der Waals surface area contributed by atoms with Crippen molar-refractivity contribution in [3.8, 4) is 5.75 Å². The van der Waals surface area contributed by atoms with Crippen LogP contribution in [0.3, 0.4) is 0 Å². The smallest absolute Gasteiger partial charge is 0.257 e. The molecule has 1 aromatic heterocycles. The highest BCUT2D eigenvalue weighted by atomic mass is 16.5. The van der Waals surface area contributed by atoms with Crippen molar-refractivity contribution in [2.45, 2.75) is 5.92 Å². The van der Waals surface area contributed by atoms with Gasteiger partial charge in [-0.2, -0.15) is 0 Å². The average Bonchev–Trinajstić information content (AvgIpc) is 3.06. The molecule has 126 valence electrons. The van der Waals surface area contributed by atoms with Crippen LogP contribution in [0.4, 0.5) is 0 Å². The lowest BCUT2D eigenvalue weighted by Crippen LogP contribution is -2.29. The van der Waals surface area contributed by atoms with Crippen LogP contribution in [0.15, 0.2) is 48.8 Å². The number of likely N-dealkylation sites (tertiary alicyclic amines) is 1. The third-order valence-electron chi connectivity index (χ3n) is 4.58. The molecule has 2 heterocycles. The molecule has 24 heavy (non-hydrogen) atoms. The Hall–Kier alpha value is -2.40. The highest BCUT2D eigenvalue weighted by Crippen LogP contribution is 2.34. The minimum absolute atomic E-state index is 0.00473. The molecule has 0 spiro atoms. The first-order chi connectivity index (χ1) is 11.7. The third-order valence-corrected chi connectivity index (χ3v) is 4.58. The summed E-state index contributed by atoms with van der Waals surface area (Å²) in [6.07, 6.45) is 3.59. The zero-order valence-electron chi connectivity index (χ0n) is 14.0. The van der Waals surface area contributed by atoms with Crippen molar-refractivity contribution in [2.24, 2.45) is 5.92 Å². The molecule has 1 aliphatic heterocycles. The monoisotopic (exact) mass is 326 g/mol. The minimum Gasteiger partial charge on any atom is -0.496 e. The van der Waals surface area contributed by atoms with E-state index < -0.39 is 0 Å². The first-order valence-corrected chi connectivity index (χ1v) is 8.05. The second-order valence-corrected chi connectivity index (χ2v) is 6.01. The number of hydrogen-bond donors (Lipinski definition) is 0. The number of hydrogen-bond acceptors (Lipinski definition) is 4. The van der Waals surface area contributed by atoms with Gasteiger partial charge in [-0.25, -0.2) is 0 Å². The number of methoxy groups -OCH3 is 2. The molecule has 3 rings (SSSR count). The van der Waals surface area contributed by atoms with Crippen LogP contribution in [0.1, 0.15) is 21.8 Å². The quantitative estimate of drug-likeness (QED) is 0.847. The van der Waals surface area contributed by atoms with Crippen molar-refractivity contribution in [3.05, 3.63) is 59.9 Å². The van der Waals surface area contributed by atoms with Gasteiger partial charge in [0.1, 0.15) is 5.75 Å². The number of rotatable bonds is 5. The van der Waals surface area contributed by atoms with E-state index in [-0.39, 0.29) is 17.7 Å². The summed E-state index contributed by atoms with van der Waals surface area (Å²) in [6, 6.07) is 11.4. The number of carbonyl (C=O) groups excluding carboxylic acids is 1.